The van der Waals surface area contributed by atoms with Gasteiger partial charge in [-0.15, -0.1) is 10.2 Å². The van der Waals surface area contributed by atoms with Crippen molar-refractivity contribution in [3.8, 4) is 11.4 Å². The lowest BCUT2D eigenvalue weighted by molar-refractivity contribution is 0.0953. The van der Waals surface area contributed by atoms with Gasteiger partial charge in [0.2, 0.25) is 0 Å². The van der Waals surface area contributed by atoms with Crippen LogP contribution in [-0.4, -0.2) is 39.0 Å². The third-order valence-corrected chi connectivity index (χ3v) is 5.62. The highest BCUT2D eigenvalue weighted by atomic mass is 32.2. The molecule has 6 nitrogen and oxygen atoms in total. The molecule has 27 heavy (non-hydrogen) atoms. The van der Waals surface area contributed by atoms with E-state index >= 15 is 0 Å². The summed E-state index contributed by atoms with van der Waals surface area (Å²) in [5, 5.41) is 9.45. The predicted molar refractivity (Wildman–Crippen MR) is 103 cm³/mol. The fraction of sp³-hybridized carbons (Fsp3) is 0.350. The number of carbonyl (C=O) groups is 1. The molecule has 1 fully saturated rings. The fourth-order valence-corrected chi connectivity index (χ4v) is 4.05. The van der Waals surface area contributed by atoms with Gasteiger partial charge in [0.25, 0.3) is 0 Å². The third kappa shape index (κ3) is 3.99. The van der Waals surface area contributed by atoms with Crippen LogP contribution in [0.3, 0.4) is 0 Å². The van der Waals surface area contributed by atoms with Gasteiger partial charge in [-0.25, -0.2) is 0 Å². The first-order valence-electron chi connectivity index (χ1n) is 9.02. The maximum atomic E-state index is 12.4. The van der Waals surface area contributed by atoms with E-state index in [9.17, 15) is 4.79 Å². The van der Waals surface area contributed by atoms with Crippen LogP contribution in [0.15, 0.2) is 52.2 Å². The van der Waals surface area contributed by atoms with Gasteiger partial charge in [0.05, 0.1) is 30.2 Å². The van der Waals surface area contributed by atoms with Crippen LogP contribution in [0.25, 0.3) is 11.4 Å². The maximum absolute atomic E-state index is 12.4. The first-order valence-corrected chi connectivity index (χ1v) is 10.0. The van der Waals surface area contributed by atoms with E-state index in [-0.39, 0.29) is 11.9 Å². The van der Waals surface area contributed by atoms with Crippen LogP contribution >= 0.6 is 11.8 Å². The summed E-state index contributed by atoms with van der Waals surface area (Å²) in [7, 11) is 0. The molecule has 0 radical (unpaired) electrons. The largest absolute Gasteiger partial charge is 0.469 e. The number of rotatable bonds is 7. The average Bonchev–Trinajstić information content (AvgIpc) is 3.43. The minimum Gasteiger partial charge on any atom is -0.469 e. The van der Waals surface area contributed by atoms with Gasteiger partial charge in [-0.1, -0.05) is 42.1 Å². The van der Waals surface area contributed by atoms with Crippen molar-refractivity contribution < 1.29 is 13.9 Å². The van der Waals surface area contributed by atoms with Crippen molar-refractivity contribution in [2.45, 2.75) is 37.6 Å². The van der Waals surface area contributed by atoms with Crippen molar-refractivity contribution >= 4 is 17.5 Å². The van der Waals surface area contributed by atoms with E-state index < -0.39 is 0 Å². The van der Waals surface area contributed by atoms with Gasteiger partial charge in [0.15, 0.2) is 16.8 Å². The lowest BCUT2D eigenvalue weighted by Crippen LogP contribution is -2.17. The molecule has 2 aromatic heterocycles. The molecule has 1 aliphatic rings. The zero-order chi connectivity index (χ0) is 18.6. The Bertz CT molecular complexity index is 914. The third-order valence-electron chi connectivity index (χ3n) is 4.65. The molecular formula is C20H21N3O3S. The molecule has 3 heterocycles. The monoisotopic (exact) mass is 383 g/mol. The van der Waals surface area contributed by atoms with Crippen LogP contribution in [0.4, 0.5) is 0 Å². The minimum atomic E-state index is 0.0771. The predicted octanol–water partition coefficient (Wildman–Crippen LogP) is 4.00. The summed E-state index contributed by atoms with van der Waals surface area (Å²) in [4.78, 5) is 12.4. The number of hydrogen-bond donors (Lipinski definition) is 0. The Morgan fingerprint density at radius 3 is 2.81 bits per heavy atom. The molecule has 0 bridgehead atoms. The number of benzene rings is 1. The number of ether oxygens (including phenoxy) is 1. The number of furan rings is 1. The standard InChI is InChI=1S/C20H21N3O3S/c1-14-17(9-11-25-14)19-21-22-20(23(19)12-16-8-5-10-26-16)27-13-18(24)15-6-3-2-4-7-15/h2-4,6-7,9,11,16H,5,8,10,12-13H2,1H3/t16-/m0/s1. The van der Waals surface area contributed by atoms with E-state index in [4.69, 9.17) is 9.15 Å². The second-order valence-corrected chi connectivity index (χ2v) is 7.46. The summed E-state index contributed by atoms with van der Waals surface area (Å²) < 4.78 is 13.3. The summed E-state index contributed by atoms with van der Waals surface area (Å²) in [6, 6.07) is 11.2. The molecule has 0 unspecified atom stereocenters. The lowest BCUT2D eigenvalue weighted by Gasteiger charge is -2.14. The maximum Gasteiger partial charge on any atom is 0.192 e. The number of carbonyl (C=O) groups excluding carboxylic acids is 1. The zero-order valence-electron chi connectivity index (χ0n) is 15.1. The highest BCUT2D eigenvalue weighted by molar-refractivity contribution is 7.99. The molecule has 0 aliphatic carbocycles. The molecule has 1 atom stereocenters. The fourth-order valence-electron chi connectivity index (χ4n) is 3.21. The van der Waals surface area contributed by atoms with Crippen molar-refractivity contribution in [1.82, 2.24) is 14.8 Å². The van der Waals surface area contributed by atoms with Gasteiger partial charge in [-0.3, -0.25) is 9.36 Å². The van der Waals surface area contributed by atoms with Crippen LogP contribution in [0.5, 0.6) is 0 Å². The molecule has 0 saturated carbocycles. The molecule has 0 amide bonds. The van der Waals surface area contributed by atoms with E-state index in [1.54, 1.807) is 6.26 Å². The Hall–Kier alpha value is -2.38. The van der Waals surface area contributed by atoms with Crippen LogP contribution < -0.4 is 0 Å². The van der Waals surface area contributed by atoms with E-state index in [1.165, 1.54) is 11.8 Å². The Labute approximate surface area is 161 Å². The number of Topliss-reactive ketones (excluding diaryl/α,β-unsaturated/α-hetero) is 1. The first-order chi connectivity index (χ1) is 13.2. The van der Waals surface area contributed by atoms with Crippen LogP contribution in [0.1, 0.15) is 29.0 Å². The molecule has 1 aromatic carbocycles. The Balaban J connectivity index is 1.57. The summed E-state index contributed by atoms with van der Waals surface area (Å²) in [6.45, 7) is 3.38. The topological polar surface area (TPSA) is 70.2 Å². The van der Waals surface area contributed by atoms with Crippen molar-refractivity contribution in [1.29, 1.82) is 0 Å². The Morgan fingerprint density at radius 1 is 1.26 bits per heavy atom. The highest BCUT2D eigenvalue weighted by Crippen LogP contribution is 2.29. The smallest absolute Gasteiger partial charge is 0.192 e. The molecule has 3 aromatic rings. The molecule has 0 spiro atoms. The second-order valence-electron chi connectivity index (χ2n) is 6.52. The Kier molecular flexibility index (Phi) is 5.40. The number of thioether (sulfide) groups is 1. The first kappa shape index (κ1) is 18.0. The number of ketones is 1. The van der Waals surface area contributed by atoms with Gasteiger partial charge in [-0.2, -0.15) is 0 Å². The molecule has 140 valence electrons. The second kappa shape index (κ2) is 8.10. The van der Waals surface area contributed by atoms with Gasteiger partial charge < -0.3 is 9.15 Å². The van der Waals surface area contributed by atoms with E-state index in [0.29, 0.717) is 17.9 Å². The van der Waals surface area contributed by atoms with Crippen LogP contribution in [-0.2, 0) is 11.3 Å². The van der Waals surface area contributed by atoms with E-state index in [1.807, 2.05) is 43.3 Å². The molecule has 0 N–H and O–H groups in total. The molecular weight excluding hydrogens is 362 g/mol. The van der Waals surface area contributed by atoms with Crippen molar-refractivity contribution in [2.24, 2.45) is 0 Å². The highest BCUT2D eigenvalue weighted by Gasteiger charge is 2.23. The van der Waals surface area contributed by atoms with Crippen LogP contribution in [0.2, 0.25) is 0 Å². The average molecular weight is 383 g/mol. The van der Waals surface area contributed by atoms with Crippen molar-refractivity contribution in [3.63, 3.8) is 0 Å². The van der Waals surface area contributed by atoms with Gasteiger partial charge in [0, 0.05) is 12.2 Å². The molecule has 4 rings (SSSR count). The molecule has 1 saturated heterocycles. The summed E-state index contributed by atoms with van der Waals surface area (Å²) in [6.07, 6.45) is 3.90. The van der Waals surface area contributed by atoms with Gasteiger partial charge >= 0.3 is 0 Å². The number of aromatic nitrogens is 3. The normalized spacial score (nSPS) is 16.7. The Morgan fingerprint density at radius 2 is 2.11 bits per heavy atom. The number of aryl methyl sites for hydroxylation is 1. The summed E-state index contributed by atoms with van der Waals surface area (Å²) in [5.74, 6) is 1.95. The van der Waals surface area contributed by atoms with E-state index in [0.717, 1.165) is 41.8 Å². The molecule has 7 heteroatoms. The number of nitrogens with zero attached hydrogens (tertiary/aromatic N) is 3. The van der Waals surface area contributed by atoms with Crippen LogP contribution in [0, 0.1) is 6.92 Å². The quantitative estimate of drug-likeness (QED) is 0.454. The minimum absolute atomic E-state index is 0.0771. The summed E-state index contributed by atoms with van der Waals surface area (Å²) in [5.41, 5.74) is 1.63. The molecule has 1 aliphatic heterocycles. The van der Waals surface area contributed by atoms with Crippen molar-refractivity contribution in [3.05, 3.63) is 54.0 Å². The number of hydrogen-bond acceptors (Lipinski definition) is 6. The van der Waals surface area contributed by atoms with E-state index in [2.05, 4.69) is 14.8 Å². The van der Waals surface area contributed by atoms with Crippen molar-refractivity contribution in [2.75, 3.05) is 12.4 Å². The SMILES string of the molecule is Cc1occc1-c1nnc(SCC(=O)c2ccccc2)n1C[C@@H]1CCCO1. The zero-order valence-corrected chi connectivity index (χ0v) is 15.9. The lowest BCUT2D eigenvalue weighted by atomic mass is 10.2. The summed E-state index contributed by atoms with van der Waals surface area (Å²) >= 11 is 1.41. The van der Waals surface area contributed by atoms with Gasteiger partial charge in [0.1, 0.15) is 5.76 Å². The van der Waals surface area contributed by atoms with Gasteiger partial charge in [-0.05, 0) is 25.8 Å².